The van der Waals surface area contributed by atoms with Crippen molar-refractivity contribution in [1.29, 1.82) is 0 Å². The molecule has 6 nitrogen and oxygen atoms in total. The second-order valence-electron chi connectivity index (χ2n) is 5.36. The second kappa shape index (κ2) is 7.37. The van der Waals surface area contributed by atoms with Gasteiger partial charge in [-0.1, -0.05) is 12.1 Å². The average Bonchev–Trinajstić information content (AvgIpc) is 2.54. The highest BCUT2D eigenvalue weighted by molar-refractivity contribution is 5.92. The molecule has 1 atom stereocenters. The molecule has 1 N–H and O–H groups in total. The number of para-hydroxylation sites is 1. The van der Waals surface area contributed by atoms with E-state index in [1.165, 1.54) is 37.4 Å². The van der Waals surface area contributed by atoms with Crippen molar-refractivity contribution in [3.8, 4) is 5.75 Å². The molecule has 0 radical (unpaired) electrons. The van der Waals surface area contributed by atoms with Crippen molar-refractivity contribution < 1.29 is 22.7 Å². The number of hydrogen-bond donors (Lipinski definition) is 1. The molecule has 0 aliphatic carbocycles. The number of halogens is 3. The number of carbonyl (C=O) groups is 1. The van der Waals surface area contributed by atoms with Crippen molar-refractivity contribution in [2.75, 3.05) is 6.61 Å². The maximum absolute atomic E-state index is 12.9. The highest BCUT2D eigenvalue weighted by atomic mass is 19.4. The Balaban J connectivity index is 1.99. The van der Waals surface area contributed by atoms with E-state index < -0.39 is 23.7 Å². The molecule has 134 valence electrons. The number of amides is 1. The van der Waals surface area contributed by atoms with Crippen LogP contribution in [0.25, 0.3) is 0 Å². The first kappa shape index (κ1) is 18.5. The van der Waals surface area contributed by atoms with Crippen LogP contribution in [0.5, 0.6) is 5.75 Å². The molecule has 0 bridgehead atoms. The summed E-state index contributed by atoms with van der Waals surface area (Å²) < 4.78 is 44.9. The SMILES string of the molecule is CC(COc1ccccc1C(F)(F)F)NC(=O)c1ccc(=O)n(C)n1. The Labute approximate surface area is 141 Å². The van der Waals surface area contributed by atoms with Gasteiger partial charge in [0.1, 0.15) is 18.1 Å². The van der Waals surface area contributed by atoms with Crippen LogP contribution in [-0.4, -0.2) is 28.3 Å². The fourth-order valence-electron chi connectivity index (χ4n) is 2.00. The van der Waals surface area contributed by atoms with Crippen LogP contribution in [0.1, 0.15) is 23.0 Å². The Kier molecular flexibility index (Phi) is 5.45. The third-order valence-corrected chi connectivity index (χ3v) is 3.25. The van der Waals surface area contributed by atoms with Crippen LogP contribution in [0.15, 0.2) is 41.2 Å². The summed E-state index contributed by atoms with van der Waals surface area (Å²) in [6.07, 6.45) is -4.53. The number of hydrogen-bond acceptors (Lipinski definition) is 4. The van der Waals surface area contributed by atoms with E-state index in [0.29, 0.717) is 0 Å². The Bertz CT molecular complexity index is 818. The molecule has 2 aromatic rings. The zero-order valence-corrected chi connectivity index (χ0v) is 13.5. The Morgan fingerprint density at radius 1 is 1.28 bits per heavy atom. The van der Waals surface area contributed by atoms with E-state index >= 15 is 0 Å². The molecule has 0 spiro atoms. The molecule has 1 aromatic carbocycles. The maximum Gasteiger partial charge on any atom is 0.419 e. The minimum Gasteiger partial charge on any atom is -0.491 e. The number of aryl methyl sites for hydroxylation is 1. The fraction of sp³-hybridized carbons (Fsp3) is 0.312. The lowest BCUT2D eigenvalue weighted by molar-refractivity contribution is -0.139. The van der Waals surface area contributed by atoms with E-state index in [4.69, 9.17) is 4.74 Å². The van der Waals surface area contributed by atoms with Gasteiger partial charge in [0.2, 0.25) is 0 Å². The van der Waals surface area contributed by atoms with Crippen LogP contribution in [0, 0.1) is 0 Å². The van der Waals surface area contributed by atoms with E-state index in [0.717, 1.165) is 10.7 Å². The minimum atomic E-state index is -4.53. The number of aromatic nitrogens is 2. The maximum atomic E-state index is 12.9. The second-order valence-corrected chi connectivity index (χ2v) is 5.36. The molecule has 1 aromatic heterocycles. The Hall–Kier alpha value is -2.84. The molecular weight excluding hydrogens is 339 g/mol. The Morgan fingerprint density at radius 2 is 1.96 bits per heavy atom. The molecule has 1 amide bonds. The van der Waals surface area contributed by atoms with Crippen LogP contribution in [0.4, 0.5) is 13.2 Å². The largest absolute Gasteiger partial charge is 0.491 e. The number of rotatable bonds is 5. The van der Waals surface area contributed by atoms with Gasteiger partial charge in [-0.3, -0.25) is 9.59 Å². The van der Waals surface area contributed by atoms with Gasteiger partial charge in [0.05, 0.1) is 11.6 Å². The monoisotopic (exact) mass is 355 g/mol. The summed E-state index contributed by atoms with van der Waals surface area (Å²) in [5.41, 5.74) is -1.23. The van der Waals surface area contributed by atoms with Crippen molar-refractivity contribution in [3.05, 3.63) is 58.0 Å². The number of ether oxygens (including phenoxy) is 1. The standard InChI is InChI=1S/C16H16F3N3O3/c1-10(20-15(24)12-7-8-14(23)22(2)21-12)9-25-13-6-4-3-5-11(13)16(17,18)19/h3-8,10H,9H2,1-2H3,(H,20,24). The lowest BCUT2D eigenvalue weighted by Gasteiger charge is -2.17. The molecule has 0 fully saturated rings. The van der Waals surface area contributed by atoms with Gasteiger partial charge in [-0.15, -0.1) is 0 Å². The first-order chi connectivity index (χ1) is 11.7. The smallest absolute Gasteiger partial charge is 0.419 e. The molecule has 25 heavy (non-hydrogen) atoms. The van der Waals surface area contributed by atoms with Gasteiger partial charge in [0.25, 0.3) is 11.5 Å². The summed E-state index contributed by atoms with van der Waals surface area (Å²) in [6.45, 7) is 1.42. The van der Waals surface area contributed by atoms with E-state index in [-0.39, 0.29) is 23.6 Å². The quantitative estimate of drug-likeness (QED) is 0.890. The average molecular weight is 355 g/mol. The zero-order chi connectivity index (χ0) is 18.6. The Morgan fingerprint density at radius 3 is 2.60 bits per heavy atom. The van der Waals surface area contributed by atoms with Crippen LogP contribution < -0.4 is 15.6 Å². The summed E-state index contributed by atoms with van der Waals surface area (Å²) in [5.74, 6) is -0.868. The molecule has 0 saturated carbocycles. The van der Waals surface area contributed by atoms with Gasteiger partial charge in [0.15, 0.2) is 0 Å². The lowest BCUT2D eigenvalue weighted by atomic mass is 10.2. The first-order valence-electron chi connectivity index (χ1n) is 7.32. The molecule has 1 unspecified atom stereocenters. The van der Waals surface area contributed by atoms with Crippen molar-refractivity contribution >= 4 is 5.91 Å². The highest BCUT2D eigenvalue weighted by Gasteiger charge is 2.34. The minimum absolute atomic E-state index is 0.0182. The van der Waals surface area contributed by atoms with Gasteiger partial charge in [-0.05, 0) is 25.1 Å². The van der Waals surface area contributed by atoms with Crippen molar-refractivity contribution in [3.63, 3.8) is 0 Å². The predicted octanol–water partition coefficient (Wildman–Crippen LogP) is 2.00. The number of nitrogens with one attached hydrogen (secondary N) is 1. The topological polar surface area (TPSA) is 73.2 Å². The number of carbonyl (C=O) groups excluding carboxylic acids is 1. The van der Waals surface area contributed by atoms with Crippen LogP contribution in [0.3, 0.4) is 0 Å². The van der Waals surface area contributed by atoms with Gasteiger partial charge >= 0.3 is 6.18 Å². The predicted molar refractivity (Wildman–Crippen MR) is 83.3 cm³/mol. The van der Waals surface area contributed by atoms with Gasteiger partial charge < -0.3 is 10.1 Å². The molecular formula is C16H16F3N3O3. The third kappa shape index (κ3) is 4.82. The normalized spacial score (nSPS) is 12.5. The fourth-order valence-corrected chi connectivity index (χ4v) is 2.00. The number of nitrogens with zero attached hydrogens (tertiary/aromatic N) is 2. The summed E-state index contributed by atoms with van der Waals surface area (Å²) >= 11 is 0. The van der Waals surface area contributed by atoms with Crippen molar-refractivity contribution in [2.45, 2.75) is 19.1 Å². The van der Waals surface area contributed by atoms with E-state index in [1.54, 1.807) is 6.92 Å². The summed E-state index contributed by atoms with van der Waals surface area (Å²) in [6, 6.07) is 6.73. The molecule has 1 heterocycles. The zero-order valence-electron chi connectivity index (χ0n) is 13.5. The molecule has 0 saturated heterocycles. The summed E-state index contributed by atoms with van der Waals surface area (Å²) in [4.78, 5) is 23.3. The van der Waals surface area contributed by atoms with E-state index in [1.807, 2.05) is 0 Å². The first-order valence-corrected chi connectivity index (χ1v) is 7.32. The number of alkyl halides is 3. The van der Waals surface area contributed by atoms with Crippen LogP contribution in [-0.2, 0) is 13.2 Å². The van der Waals surface area contributed by atoms with Gasteiger partial charge in [0, 0.05) is 13.1 Å². The number of benzene rings is 1. The van der Waals surface area contributed by atoms with Crippen molar-refractivity contribution in [2.24, 2.45) is 7.05 Å². The lowest BCUT2D eigenvalue weighted by Crippen LogP contribution is -2.38. The third-order valence-electron chi connectivity index (χ3n) is 3.25. The molecule has 2 rings (SSSR count). The van der Waals surface area contributed by atoms with E-state index in [9.17, 15) is 22.8 Å². The van der Waals surface area contributed by atoms with Gasteiger partial charge in [-0.25, -0.2) is 4.68 Å². The van der Waals surface area contributed by atoms with E-state index in [2.05, 4.69) is 10.4 Å². The summed E-state index contributed by atoms with van der Waals surface area (Å²) in [7, 11) is 1.40. The van der Waals surface area contributed by atoms with Crippen LogP contribution >= 0.6 is 0 Å². The van der Waals surface area contributed by atoms with Crippen LogP contribution in [0.2, 0.25) is 0 Å². The molecule has 9 heteroatoms. The summed E-state index contributed by atoms with van der Waals surface area (Å²) in [5, 5.41) is 6.34. The molecule has 0 aliphatic rings. The van der Waals surface area contributed by atoms with Crippen molar-refractivity contribution in [1.82, 2.24) is 15.1 Å². The highest BCUT2D eigenvalue weighted by Crippen LogP contribution is 2.35. The molecule has 0 aliphatic heterocycles. The van der Waals surface area contributed by atoms with Gasteiger partial charge in [-0.2, -0.15) is 18.3 Å².